The minimum absolute atomic E-state index is 0.0318. The Bertz CT molecular complexity index is 1510. The van der Waals surface area contributed by atoms with E-state index in [1.54, 1.807) is 25.4 Å². The molecule has 1 amide bonds. The van der Waals surface area contributed by atoms with Gasteiger partial charge in [0.05, 0.1) is 11.1 Å². The number of aryl methyl sites for hydroxylation is 2. The van der Waals surface area contributed by atoms with Crippen LogP contribution < -0.4 is 16.2 Å². The molecule has 2 aromatic heterocycles. The van der Waals surface area contributed by atoms with E-state index in [1.165, 1.54) is 17.0 Å². The summed E-state index contributed by atoms with van der Waals surface area (Å²) in [6, 6.07) is 16.4. The molecule has 8 nitrogen and oxygen atoms in total. The third-order valence-electron chi connectivity index (χ3n) is 6.00. The molecule has 36 heavy (non-hydrogen) atoms. The first-order chi connectivity index (χ1) is 17.4. The van der Waals surface area contributed by atoms with Crippen LogP contribution in [0.15, 0.2) is 83.0 Å². The lowest BCUT2D eigenvalue weighted by molar-refractivity contribution is 0.102. The zero-order valence-electron chi connectivity index (χ0n) is 20.6. The fourth-order valence-electron chi connectivity index (χ4n) is 3.97. The van der Waals surface area contributed by atoms with E-state index in [0.717, 1.165) is 40.7 Å². The van der Waals surface area contributed by atoms with Crippen molar-refractivity contribution in [3.8, 4) is 11.3 Å². The lowest BCUT2D eigenvalue weighted by atomic mass is 10.0. The number of carbonyl (C=O) groups excluding carboxylic acids is 1. The summed E-state index contributed by atoms with van der Waals surface area (Å²) in [4.78, 5) is 34.7. The molecular formula is C28H29N5O3. The van der Waals surface area contributed by atoms with Crippen LogP contribution in [0.3, 0.4) is 0 Å². The summed E-state index contributed by atoms with van der Waals surface area (Å²) in [7, 11) is 1.65. The summed E-state index contributed by atoms with van der Waals surface area (Å²) in [5.41, 5.74) is 4.20. The SMILES string of the molecule is CCCCc1ccccc1C(=O)Nc1cccc(-c2cn(C)c(=O)c(N=c3ccn(O)cc3)n2)c1C. The van der Waals surface area contributed by atoms with Crippen molar-refractivity contribution in [1.29, 1.82) is 0 Å². The number of carbonyl (C=O) groups is 1. The Labute approximate surface area is 209 Å². The highest BCUT2D eigenvalue weighted by Crippen LogP contribution is 2.28. The van der Waals surface area contributed by atoms with Crippen molar-refractivity contribution in [1.82, 2.24) is 14.3 Å². The zero-order chi connectivity index (χ0) is 25.7. The lowest BCUT2D eigenvalue weighted by Gasteiger charge is -2.14. The first-order valence-corrected chi connectivity index (χ1v) is 11.9. The molecule has 0 aliphatic carbocycles. The van der Waals surface area contributed by atoms with Crippen LogP contribution in [0.5, 0.6) is 0 Å². The van der Waals surface area contributed by atoms with E-state index in [-0.39, 0.29) is 17.3 Å². The van der Waals surface area contributed by atoms with E-state index >= 15 is 0 Å². The van der Waals surface area contributed by atoms with Gasteiger partial charge in [-0.15, -0.1) is 0 Å². The molecule has 0 spiro atoms. The Morgan fingerprint density at radius 1 is 1.08 bits per heavy atom. The summed E-state index contributed by atoms with van der Waals surface area (Å²) >= 11 is 0. The van der Waals surface area contributed by atoms with Crippen LogP contribution in [0, 0.1) is 6.92 Å². The molecule has 0 radical (unpaired) electrons. The Morgan fingerprint density at radius 3 is 2.58 bits per heavy atom. The molecule has 4 rings (SSSR count). The van der Waals surface area contributed by atoms with Gasteiger partial charge in [0.2, 0.25) is 5.82 Å². The number of benzene rings is 2. The second-order valence-corrected chi connectivity index (χ2v) is 8.61. The number of aromatic nitrogens is 3. The predicted molar refractivity (Wildman–Crippen MR) is 139 cm³/mol. The van der Waals surface area contributed by atoms with E-state index in [0.29, 0.717) is 22.3 Å². The molecule has 0 bridgehead atoms. The third-order valence-corrected chi connectivity index (χ3v) is 6.00. The van der Waals surface area contributed by atoms with Gasteiger partial charge < -0.3 is 15.1 Å². The summed E-state index contributed by atoms with van der Waals surface area (Å²) in [5, 5.41) is 13.0. The number of amides is 1. The molecule has 8 heteroatoms. The van der Waals surface area contributed by atoms with Crippen LogP contribution in [-0.2, 0) is 13.5 Å². The van der Waals surface area contributed by atoms with Crippen molar-refractivity contribution in [3.63, 3.8) is 0 Å². The first-order valence-electron chi connectivity index (χ1n) is 11.9. The Kier molecular flexibility index (Phi) is 7.44. The topological polar surface area (TPSA) is 102 Å². The molecule has 0 aliphatic rings. The highest BCUT2D eigenvalue weighted by molar-refractivity contribution is 6.06. The van der Waals surface area contributed by atoms with Crippen molar-refractivity contribution in [2.75, 3.05) is 5.32 Å². The zero-order valence-corrected chi connectivity index (χ0v) is 20.6. The Hall–Kier alpha value is -4.46. The van der Waals surface area contributed by atoms with Crippen molar-refractivity contribution < 1.29 is 10.0 Å². The first kappa shape index (κ1) is 24.7. The van der Waals surface area contributed by atoms with E-state index in [4.69, 9.17) is 0 Å². The smallest absolute Gasteiger partial charge is 0.295 e. The summed E-state index contributed by atoms with van der Waals surface area (Å²) in [5.74, 6) is -0.124. The molecule has 184 valence electrons. The molecule has 2 heterocycles. The number of hydrogen-bond donors (Lipinski definition) is 2. The molecule has 4 aromatic rings. The highest BCUT2D eigenvalue weighted by Gasteiger charge is 2.15. The summed E-state index contributed by atoms with van der Waals surface area (Å²) in [6.07, 6.45) is 7.43. The molecule has 2 N–H and O–H groups in total. The predicted octanol–water partition coefficient (Wildman–Crippen LogP) is 4.62. The van der Waals surface area contributed by atoms with Crippen molar-refractivity contribution in [3.05, 3.63) is 106 Å². The highest BCUT2D eigenvalue weighted by atomic mass is 16.5. The largest absolute Gasteiger partial charge is 0.429 e. The number of rotatable bonds is 7. The minimum atomic E-state index is -0.342. The van der Waals surface area contributed by atoms with Crippen LogP contribution in [0.25, 0.3) is 11.3 Å². The van der Waals surface area contributed by atoms with Crippen LogP contribution in [0.2, 0.25) is 0 Å². The van der Waals surface area contributed by atoms with E-state index in [9.17, 15) is 14.8 Å². The van der Waals surface area contributed by atoms with Gasteiger partial charge in [0.1, 0.15) is 0 Å². The Balaban J connectivity index is 1.69. The fourth-order valence-corrected chi connectivity index (χ4v) is 3.97. The van der Waals surface area contributed by atoms with Gasteiger partial charge in [0.25, 0.3) is 11.5 Å². The van der Waals surface area contributed by atoms with Crippen LogP contribution >= 0.6 is 0 Å². The van der Waals surface area contributed by atoms with Crippen LogP contribution in [0.4, 0.5) is 11.5 Å². The average Bonchev–Trinajstić information content (AvgIpc) is 2.88. The van der Waals surface area contributed by atoms with Crippen molar-refractivity contribution in [2.24, 2.45) is 12.0 Å². The number of hydrogen-bond acceptors (Lipinski definition) is 5. The van der Waals surface area contributed by atoms with E-state index in [2.05, 4.69) is 22.2 Å². The van der Waals surface area contributed by atoms with Gasteiger partial charge in [0, 0.05) is 42.5 Å². The molecule has 2 aromatic carbocycles. The van der Waals surface area contributed by atoms with Crippen molar-refractivity contribution >= 4 is 17.4 Å². The molecule has 0 saturated heterocycles. The monoisotopic (exact) mass is 483 g/mol. The second-order valence-electron chi connectivity index (χ2n) is 8.61. The molecular weight excluding hydrogens is 454 g/mol. The quantitative estimate of drug-likeness (QED) is 0.375. The van der Waals surface area contributed by atoms with Crippen molar-refractivity contribution in [2.45, 2.75) is 33.1 Å². The van der Waals surface area contributed by atoms with Gasteiger partial charge in [-0.1, -0.05) is 43.7 Å². The minimum Gasteiger partial charge on any atom is -0.429 e. The number of nitrogens with zero attached hydrogens (tertiary/aromatic N) is 4. The van der Waals surface area contributed by atoms with Gasteiger partial charge in [-0.2, -0.15) is 0 Å². The maximum absolute atomic E-state index is 13.2. The Morgan fingerprint density at radius 2 is 1.83 bits per heavy atom. The van der Waals surface area contributed by atoms with Gasteiger partial charge >= 0.3 is 0 Å². The van der Waals surface area contributed by atoms with Gasteiger partial charge in [-0.05, 0) is 55.2 Å². The van der Waals surface area contributed by atoms with Crippen LogP contribution in [0.1, 0.15) is 41.3 Å². The maximum atomic E-state index is 13.2. The van der Waals surface area contributed by atoms with Gasteiger partial charge in [-0.25, -0.2) is 14.7 Å². The van der Waals surface area contributed by atoms with Gasteiger partial charge in [-0.3, -0.25) is 9.59 Å². The third kappa shape index (κ3) is 5.43. The summed E-state index contributed by atoms with van der Waals surface area (Å²) < 4.78 is 2.33. The normalized spacial score (nSPS) is 10.8. The molecule has 0 aliphatic heterocycles. The molecule has 0 fully saturated rings. The average molecular weight is 484 g/mol. The maximum Gasteiger partial charge on any atom is 0.295 e. The molecule has 0 unspecified atom stereocenters. The number of nitrogens with one attached hydrogen (secondary N) is 1. The van der Waals surface area contributed by atoms with E-state index in [1.807, 2.05) is 49.4 Å². The number of pyridine rings is 1. The summed E-state index contributed by atoms with van der Waals surface area (Å²) in [6.45, 7) is 4.04. The molecule has 0 atom stereocenters. The number of anilines is 1. The second kappa shape index (κ2) is 10.9. The lowest BCUT2D eigenvalue weighted by Crippen LogP contribution is -2.19. The number of unbranched alkanes of at least 4 members (excludes halogenated alkanes) is 1. The molecule has 0 saturated carbocycles. The van der Waals surface area contributed by atoms with Crippen LogP contribution in [-0.4, -0.2) is 25.4 Å². The van der Waals surface area contributed by atoms with Gasteiger partial charge in [0.15, 0.2) is 0 Å². The standard InChI is InChI=1S/C28H29N5O3/c1-4-5-9-20-10-6-7-11-23(20)27(34)31-24-13-8-12-22(19(24)2)25-18-32(3)28(35)26(30-25)29-21-14-16-33(36)17-15-21/h6-8,10-18,36H,4-5,9H2,1-3H3,(H,31,34). The fraction of sp³-hybridized carbons (Fsp3) is 0.214. The van der Waals surface area contributed by atoms with E-state index < -0.39 is 0 Å².